The summed E-state index contributed by atoms with van der Waals surface area (Å²) in [6, 6.07) is 27.3. The van der Waals surface area contributed by atoms with Crippen molar-refractivity contribution in [2.24, 2.45) is 0 Å². The van der Waals surface area contributed by atoms with Crippen LogP contribution in [0.5, 0.6) is 0 Å². The molecule has 0 aromatic heterocycles. The molecule has 4 rings (SSSR count). The molecular weight excluding hydrogens is 336 g/mol. The molecule has 1 heterocycles. The van der Waals surface area contributed by atoms with Gasteiger partial charge in [-0.3, -0.25) is 0 Å². The third kappa shape index (κ3) is 3.30. The molecular formula is C22H22N4O. The van der Waals surface area contributed by atoms with Gasteiger partial charge in [0.2, 0.25) is 0 Å². The number of hydrogen-bond acceptors (Lipinski definition) is 3. The molecule has 5 nitrogen and oxygen atoms in total. The zero-order chi connectivity index (χ0) is 18.9. The summed E-state index contributed by atoms with van der Waals surface area (Å²) in [6.45, 7) is 4.05. The van der Waals surface area contributed by atoms with Gasteiger partial charge in [-0.2, -0.15) is 10.9 Å². The predicted octanol–water partition coefficient (Wildman–Crippen LogP) is 4.32. The highest BCUT2D eigenvalue weighted by molar-refractivity contribution is 6.03. The van der Waals surface area contributed by atoms with Crippen molar-refractivity contribution in [2.75, 3.05) is 10.0 Å². The number of nitrogens with one attached hydrogen (secondary N) is 2. The summed E-state index contributed by atoms with van der Waals surface area (Å²) in [4.78, 5) is 13.3. The predicted molar refractivity (Wildman–Crippen MR) is 108 cm³/mol. The number of nitrogens with zero attached hydrogens (tertiary/aromatic N) is 2. The summed E-state index contributed by atoms with van der Waals surface area (Å²) >= 11 is 0. The Bertz CT molecular complexity index is 928. The van der Waals surface area contributed by atoms with Crippen molar-refractivity contribution in [3.63, 3.8) is 0 Å². The highest BCUT2D eigenvalue weighted by Gasteiger charge is 2.41. The van der Waals surface area contributed by atoms with Crippen LogP contribution in [0.25, 0.3) is 0 Å². The number of hydrogen-bond donors (Lipinski definition) is 2. The summed E-state index contributed by atoms with van der Waals surface area (Å²) in [5, 5.41) is 3.18. The van der Waals surface area contributed by atoms with Crippen LogP contribution in [-0.4, -0.2) is 6.03 Å². The summed E-state index contributed by atoms with van der Waals surface area (Å²) in [5.74, 6) is 0. The average molecular weight is 358 g/mol. The van der Waals surface area contributed by atoms with E-state index >= 15 is 0 Å². The maximum absolute atomic E-state index is 13.3. The van der Waals surface area contributed by atoms with E-state index in [1.807, 2.05) is 98.8 Å². The zero-order valence-electron chi connectivity index (χ0n) is 15.4. The summed E-state index contributed by atoms with van der Waals surface area (Å²) in [7, 11) is 0. The van der Waals surface area contributed by atoms with E-state index in [9.17, 15) is 4.79 Å². The van der Waals surface area contributed by atoms with Gasteiger partial charge in [-0.1, -0.05) is 66.2 Å². The Morgan fingerprint density at radius 2 is 1.19 bits per heavy atom. The van der Waals surface area contributed by atoms with Crippen LogP contribution in [0.4, 0.5) is 16.2 Å². The lowest BCUT2D eigenvalue weighted by atomic mass is 10.0. The molecule has 2 N–H and O–H groups in total. The molecule has 27 heavy (non-hydrogen) atoms. The molecule has 5 heteroatoms. The van der Waals surface area contributed by atoms with Crippen molar-refractivity contribution in [1.29, 1.82) is 0 Å². The van der Waals surface area contributed by atoms with Gasteiger partial charge in [0.05, 0.1) is 11.4 Å². The van der Waals surface area contributed by atoms with Gasteiger partial charge in [-0.15, -0.1) is 0 Å². The molecule has 1 fully saturated rings. The second-order valence-corrected chi connectivity index (χ2v) is 6.84. The van der Waals surface area contributed by atoms with E-state index in [-0.39, 0.29) is 6.03 Å². The van der Waals surface area contributed by atoms with Crippen LogP contribution in [0.15, 0.2) is 84.9 Å². The number of amides is 2. The molecule has 0 spiro atoms. The standard InChI is InChI=1S/C22H22N4O/c1-17-13-15-20(16-14-17)26-21(27)25(19-11-7-4-8-12-19)23-22(2,24-26)18-9-5-3-6-10-18/h3-16,23-24H,1-2H3. The van der Waals surface area contributed by atoms with Crippen LogP contribution in [0, 0.1) is 6.92 Å². The molecule has 1 atom stereocenters. The van der Waals surface area contributed by atoms with Gasteiger partial charge in [0.25, 0.3) is 0 Å². The van der Waals surface area contributed by atoms with Crippen LogP contribution in [0.3, 0.4) is 0 Å². The summed E-state index contributed by atoms with van der Waals surface area (Å²) in [5.41, 5.74) is 9.78. The van der Waals surface area contributed by atoms with Crippen LogP contribution in [-0.2, 0) is 5.66 Å². The Kier molecular flexibility index (Phi) is 4.39. The minimum absolute atomic E-state index is 0.196. The molecule has 1 unspecified atom stereocenters. The van der Waals surface area contributed by atoms with E-state index in [4.69, 9.17) is 0 Å². The minimum Gasteiger partial charge on any atom is -0.245 e. The molecule has 1 aliphatic rings. The van der Waals surface area contributed by atoms with Gasteiger partial charge in [-0.05, 0) is 43.7 Å². The Labute approximate surface area is 159 Å². The minimum atomic E-state index is -0.671. The van der Waals surface area contributed by atoms with Gasteiger partial charge in [0.15, 0.2) is 0 Å². The monoisotopic (exact) mass is 358 g/mol. The Hall–Kier alpha value is -3.15. The molecule has 2 amide bonds. The molecule has 0 bridgehead atoms. The fourth-order valence-corrected chi connectivity index (χ4v) is 3.19. The van der Waals surface area contributed by atoms with Crippen molar-refractivity contribution >= 4 is 17.4 Å². The smallest absolute Gasteiger partial charge is 0.245 e. The van der Waals surface area contributed by atoms with Gasteiger partial charge in [0.1, 0.15) is 5.66 Å². The normalized spacial score (nSPS) is 20.0. The van der Waals surface area contributed by atoms with Crippen LogP contribution < -0.4 is 20.9 Å². The second kappa shape index (κ2) is 6.87. The van der Waals surface area contributed by atoms with Crippen LogP contribution in [0.2, 0.25) is 0 Å². The van der Waals surface area contributed by atoms with Gasteiger partial charge < -0.3 is 0 Å². The van der Waals surface area contributed by atoms with Crippen LogP contribution in [0.1, 0.15) is 18.1 Å². The number of para-hydroxylation sites is 1. The fourth-order valence-electron chi connectivity index (χ4n) is 3.19. The lowest BCUT2D eigenvalue weighted by Gasteiger charge is -2.47. The van der Waals surface area contributed by atoms with Crippen molar-refractivity contribution in [2.45, 2.75) is 19.5 Å². The topological polar surface area (TPSA) is 47.6 Å². The van der Waals surface area contributed by atoms with Gasteiger partial charge >= 0.3 is 6.03 Å². The van der Waals surface area contributed by atoms with Gasteiger partial charge in [0, 0.05) is 0 Å². The Morgan fingerprint density at radius 3 is 1.74 bits per heavy atom. The highest BCUT2D eigenvalue weighted by Crippen LogP contribution is 2.28. The van der Waals surface area contributed by atoms with E-state index in [1.54, 1.807) is 10.0 Å². The van der Waals surface area contributed by atoms with E-state index < -0.39 is 5.66 Å². The number of aryl methyl sites for hydroxylation is 1. The molecule has 0 saturated carbocycles. The molecule has 1 saturated heterocycles. The zero-order valence-corrected chi connectivity index (χ0v) is 15.4. The summed E-state index contributed by atoms with van der Waals surface area (Å²) in [6.07, 6.45) is 0. The Balaban J connectivity index is 1.79. The number of urea groups is 1. The first-order chi connectivity index (χ1) is 13.1. The molecule has 1 aliphatic heterocycles. The highest BCUT2D eigenvalue weighted by atomic mass is 16.2. The average Bonchev–Trinajstić information content (AvgIpc) is 2.72. The molecule has 3 aromatic carbocycles. The molecule has 0 aliphatic carbocycles. The number of anilines is 2. The number of benzene rings is 3. The second-order valence-electron chi connectivity index (χ2n) is 6.84. The van der Waals surface area contributed by atoms with Crippen molar-refractivity contribution in [1.82, 2.24) is 10.9 Å². The summed E-state index contributed by atoms with van der Waals surface area (Å²) < 4.78 is 0. The van der Waals surface area contributed by atoms with E-state index in [0.717, 1.165) is 22.5 Å². The maximum Gasteiger partial charge on any atom is 0.358 e. The van der Waals surface area contributed by atoms with Crippen molar-refractivity contribution < 1.29 is 4.79 Å². The Morgan fingerprint density at radius 1 is 0.704 bits per heavy atom. The van der Waals surface area contributed by atoms with Crippen molar-refractivity contribution in [3.8, 4) is 0 Å². The van der Waals surface area contributed by atoms with E-state index in [1.165, 1.54) is 0 Å². The molecule has 0 radical (unpaired) electrons. The van der Waals surface area contributed by atoms with E-state index in [2.05, 4.69) is 10.9 Å². The molecule has 3 aromatic rings. The number of carbonyl (C=O) groups is 1. The third-order valence-corrected chi connectivity index (χ3v) is 4.71. The number of carbonyl (C=O) groups excluding carboxylic acids is 1. The third-order valence-electron chi connectivity index (χ3n) is 4.71. The first kappa shape index (κ1) is 17.3. The largest absolute Gasteiger partial charge is 0.358 e. The first-order valence-electron chi connectivity index (χ1n) is 8.94. The molecule has 136 valence electrons. The van der Waals surface area contributed by atoms with Gasteiger partial charge in [-0.25, -0.2) is 14.8 Å². The lowest BCUT2D eigenvalue weighted by Crippen LogP contribution is -2.73. The maximum atomic E-state index is 13.3. The number of rotatable bonds is 3. The number of hydrazine groups is 2. The van der Waals surface area contributed by atoms with Crippen LogP contribution >= 0.6 is 0 Å². The first-order valence-corrected chi connectivity index (χ1v) is 8.94. The van der Waals surface area contributed by atoms with Crippen molar-refractivity contribution in [3.05, 3.63) is 96.1 Å². The van der Waals surface area contributed by atoms with E-state index in [0.29, 0.717) is 0 Å². The SMILES string of the molecule is Cc1ccc(N2NC(C)(c3ccccc3)NN(c3ccccc3)C2=O)cc1. The quantitative estimate of drug-likeness (QED) is 0.733. The fraction of sp³-hybridized carbons (Fsp3) is 0.136. The lowest BCUT2D eigenvalue weighted by molar-refractivity contribution is 0.201.